The predicted octanol–water partition coefficient (Wildman–Crippen LogP) is 4.45. The van der Waals surface area contributed by atoms with Crippen molar-refractivity contribution in [3.63, 3.8) is 0 Å². The summed E-state index contributed by atoms with van der Waals surface area (Å²) in [5.74, 6) is -3.12. The molecule has 1 aliphatic rings. The molecule has 0 spiro atoms. The Morgan fingerprint density at radius 2 is 1.40 bits per heavy atom. The van der Waals surface area contributed by atoms with Gasteiger partial charge in [0.25, 0.3) is 0 Å². The first kappa shape index (κ1) is 39.5. The van der Waals surface area contributed by atoms with Gasteiger partial charge in [-0.1, -0.05) is 91.0 Å². The summed E-state index contributed by atoms with van der Waals surface area (Å²) in [7, 11) is 0. The zero-order chi connectivity index (χ0) is 36.2. The van der Waals surface area contributed by atoms with E-state index in [-0.39, 0.29) is 38.4 Å². The predicted molar refractivity (Wildman–Crippen MR) is 200 cm³/mol. The van der Waals surface area contributed by atoms with Crippen LogP contribution in [0.25, 0.3) is 10.8 Å². The van der Waals surface area contributed by atoms with E-state index in [1.54, 1.807) is 24.3 Å². The molecule has 3 amide bonds. The number of unbranched alkanes of at least 4 members (excludes halogenated alkanes) is 1. The molecule has 0 aromatic heterocycles. The maximum Gasteiger partial charge on any atom is 0.338 e. The molecular formula is C40H45ClN4O7. The first-order chi connectivity index (χ1) is 24.7. The van der Waals surface area contributed by atoms with Crippen LogP contribution in [0.2, 0.25) is 0 Å². The molecular weight excluding hydrogens is 684 g/mol. The molecule has 1 saturated heterocycles. The Kier molecular flexibility index (Phi) is 14.7. The van der Waals surface area contributed by atoms with Gasteiger partial charge in [-0.15, -0.1) is 12.4 Å². The standard InChI is InChI=1S/C40H44N4O7.ClH/c41-32(18-9-10-23-51-40(50)30-15-5-2-6-16-30)36(45)42-33(26-28-20-21-29-14-7-8-17-31(29)24-28)37(46)43-34(25-27-12-3-1-4-13-27)38(47)44-22-11-19-35(44)39(48)49;/h1-8,12-17,20-21,24,32-35H,9-11,18-19,22-23,25-26,41H2,(H,42,45)(H,43,46)(H,48,49);1H/t32-,33-,34-,35+;/m0./s1. The summed E-state index contributed by atoms with van der Waals surface area (Å²) >= 11 is 0. The van der Waals surface area contributed by atoms with Crippen molar-refractivity contribution >= 4 is 52.8 Å². The van der Waals surface area contributed by atoms with Crippen molar-refractivity contribution in [1.29, 1.82) is 0 Å². The molecule has 5 N–H and O–H groups in total. The molecule has 0 bridgehead atoms. The zero-order valence-electron chi connectivity index (χ0n) is 28.8. The van der Waals surface area contributed by atoms with Crippen molar-refractivity contribution in [2.75, 3.05) is 13.2 Å². The van der Waals surface area contributed by atoms with Crippen LogP contribution in [0.4, 0.5) is 0 Å². The number of benzene rings is 4. The van der Waals surface area contributed by atoms with Crippen LogP contribution in [-0.4, -0.2) is 77.0 Å². The SMILES string of the molecule is Cl.N[C@@H](CCCCOC(=O)c1ccccc1)C(=O)N[C@@H](Cc1ccc2ccccc2c1)C(=O)N[C@@H](Cc1ccccc1)C(=O)N1CCC[C@@H]1C(=O)O. The van der Waals surface area contributed by atoms with E-state index in [9.17, 15) is 29.1 Å². The van der Waals surface area contributed by atoms with Gasteiger partial charge in [0.1, 0.15) is 18.1 Å². The Balaban J connectivity index is 0.00000605. The highest BCUT2D eigenvalue weighted by atomic mass is 35.5. The minimum atomic E-state index is -1.09. The molecule has 1 heterocycles. The number of likely N-dealkylation sites (tertiary alicyclic amines) is 1. The Labute approximate surface area is 309 Å². The van der Waals surface area contributed by atoms with Gasteiger partial charge in [0.2, 0.25) is 17.7 Å². The Morgan fingerprint density at radius 1 is 0.769 bits per heavy atom. The van der Waals surface area contributed by atoms with Gasteiger partial charge in [0, 0.05) is 19.4 Å². The number of carbonyl (C=O) groups is 5. The lowest BCUT2D eigenvalue weighted by atomic mass is 9.99. The highest BCUT2D eigenvalue weighted by Crippen LogP contribution is 2.21. The van der Waals surface area contributed by atoms with Crippen LogP contribution in [0.15, 0.2) is 103 Å². The van der Waals surface area contributed by atoms with Gasteiger partial charge in [-0.3, -0.25) is 14.4 Å². The van der Waals surface area contributed by atoms with Gasteiger partial charge >= 0.3 is 11.9 Å². The lowest BCUT2D eigenvalue weighted by Crippen LogP contribution is -2.58. The van der Waals surface area contributed by atoms with E-state index in [4.69, 9.17) is 10.5 Å². The number of aliphatic carboxylic acids is 1. The second-order valence-corrected chi connectivity index (χ2v) is 12.8. The topological polar surface area (TPSA) is 168 Å². The lowest BCUT2D eigenvalue weighted by Gasteiger charge is -2.29. The van der Waals surface area contributed by atoms with Gasteiger partial charge in [-0.05, 0) is 66.1 Å². The fraction of sp³-hybridized carbons (Fsp3) is 0.325. The van der Waals surface area contributed by atoms with Crippen molar-refractivity contribution in [2.24, 2.45) is 5.73 Å². The quantitative estimate of drug-likeness (QED) is 0.0970. The number of hydrogen-bond acceptors (Lipinski definition) is 7. The molecule has 4 aromatic carbocycles. The number of ether oxygens (including phenoxy) is 1. The maximum absolute atomic E-state index is 14.1. The van der Waals surface area contributed by atoms with Crippen LogP contribution in [0.3, 0.4) is 0 Å². The van der Waals surface area contributed by atoms with Gasteiger partial charge in [-0.2, -0.15) is 0 Å². The highest BCUT2D eigenvalue weighted by Gasteiger charge is 2.38. The summed E-state index contributed by atoms with van der Waals surface area (Å²) in [6.07, 6.45) is 2.44. The molecule has 1 aliphatic heterocycles. The summed E-state index contributed by atoms with van der Waals surface area (Å²) in [5.41, 5.74) is 8.31. The fourth-order valence-corrected chi connectivity index (χ4v) is 6.32. The molecule has 0 unspecified atom stereocenters. The molecule has 5 rings (SSSR count). The first-order valence-electron chi connectivity index (χ1n) is 17.3. The van der Waals surface area contributed by atoms with Crippen LogP contribution >= 0.6 is 12.4 Å². The maximum atomic E-state index is 14.1. The molecule has 52 heavy (non-hydrogen) atoms. The third kappa shape index (κ3) is 10.9. The van der Waals surface area contributed by atoms with Gasteiger partial charge in [-0.25, -0.2) is 9.59 Å². The molecule has 12 heteroatoms. The van der Waals surface area contributed by atoms with Crippen molar-refractivity contribution in [2.45, 2.75) is 69.1 Å². The number of halogens is 1. The number of carboxylic acids is 1. The fourth-order valence-electron chi connectivity index (χ4n) is 6.32. The number of carboxylic acid groups (broad SMARTS) is 1. The number of hydrogen-bond donors (Lipinski definition) is 4. The van der Waals surface area contributed by atoms with Crippen LogP contribution in [0, 0.1) is 0 Å². The summed E-state index contributed by atoms with van der Waals surface area (Å²) in [4.78, 5) is 66.8. The first-order valence-corrected chi connectivity index (χ1v) is 17.3. The van der Waals surface area contributed by atoms with Gasteiger partial charge in [0.05, 0.1) is 18.2 Å². The minimum Gasteiger partial charge on any atom is -0.480 e. The Morgan fingerprint density at radius 3 is 2.12 bits per heavy atom. The number of nitrogens with two attached hydrogens (primary N) is 1. The molecule has 0 radical (unpaired) electrons. The van der Waals surface area contributed by atoms with Crippen LogP contribution in [0.1, 0.15) is 53.6 Å². The van der Waals surface area contributed by atoms with E-state index in [0.717, 1.165) is 21.9 Å². The smallest absolute Gasteiger partial charge is 0.338 e. The third-order valence-electron chi connectivity index (χ3n) is 9.09. The average molecular weight is 729 g/mol. The van der Waals surface area contributed by atoms with E-state index in [0.29, 0.717) is 37.7 Å². The summed E-state index contributed by atoms with van der Waals surface area (Å²) in [6, 6.07) is 27.3. The van der Waals surface area contributed by atoms with E-state index < -0.39 is 53.8 Å². The number of nitrogens with one attached hydrogen (secondary N) is 2. The normalized spacial score (nSPS) is 15.5. The Bertz CT molecular complexity index is 1820. The molecule has 11 nitrogen and oxygen atoms in total. The molecule has 4 atom stereocenters. The molecule has 0 aliphatic carbocycles. The minimum absolute atomic E-state index is 0. The number of nitrogens with zero attached hydrogens (tertiary/aromatic N) is 1. The van der Waals surface area contributed by atoms with Gasteiger partial charge < -0.3 is 31.1 Å². The van der Waals surface area contributed by atoms with Crippen molar-refractivity contribution < 1.29 is 33.8 Å². The van der Waals surface area contributed by atoms with Crippen LogP contribution < -0.4 is 16.4 Å². The molecule has 1 fully saturated rings. The number of rotatable bonds is 16. The highest BCUT2D eigenvalue weighted by molar-refractivity contribution is 5.95. The van der Waals surface area contributed by atoms with Crippen molar-refractivity contribution in [3.8, 4) is 0 Å². The number of esters is 1. The van der Waals surface area contributed by atoms with E-state index >= 15 is 0 Å². The van der Waals surface area contributed by atoms with E-state index in [1.807, 2.05) is 78.9 Å². The van der Waals surface area contributed by atoms with E-state index in [2.05, 4.69) is 10.6 Å². The van der Waals surface area contributed by atoms with E-state index in [1.165, 1.54) is 4.90 Å². The summed E-state index contributed by atoms with van der Waals surface area (Å²) in [5, 5.41) is 17.4. The average Bonchev–Trinajstić information content (AvgIpc) is 3.65. The summed E-state index contributed by atoms with van der Waals surface area (Å²) < 4.78 is 5.32. The van der Waals surface area contributed by atoms with Crippen molar-refractivity contribution in [1.82, 2.24) is 15.5 Å². The zero-order valence-corrected chi connectivity index (χ0v) is 29.6. The number of amides is 3. The molecule has 4 aromatic rings. The number of fused-ring (bicyclic) bond motifs is 1. The number of carbonyl (C=O) groups excluding carboxylic acids is 4. The van der Waals surface area contributed by atoms with Crippen molar-refractivity contribution in [3.05, 3.63) is 120 Å². The monoisotopic (exact) mass is 728 g/mol. The van der Waals surface area contributed by atoms with Gasteiger partial charge in [0.15, 0.2) is 0 Å². The largest absolute Gasteiger partial charge is 0.480 e. The second kappa shape index (κ2) is 19.4. The third-order valence-corrected chi connectivity index (χ3v) is 9.09. The second-order valence-electron chi connectivity index (χ2n) is 12.8. The lowest BCUT2D eigenvalue weighted by molar-refractivity contribution is -0.149. The Hall–Kier alpha value is -5.26. The van der Waals surface area contributed by atoms with Crippen LogP contribution in [-0.2, 0) is 36.8 Å². The molecule has 274 valence electrons. The molecule has 0 saturated carbocycles. The van der Waals surface area contributed by atoms with Crippen LogP contribution in [0.5, 0.6) is 0 Å². The summed E-state index contributed by atoms with van der Waals surface area (Å²) in [6.45, 7) is 0.445.